The van der Waals surface area contributed by atoms with Gasteiger partial charge in [0.1, 0.15) is 6.61 Å². The molecule has 0 aromatic heterocycles. The molecule has 2 unspecified atom stereocenters. The van der Waals surface area contributed by atoms with Crippen LogP contribution in [0.1, 0.15) is 51.5 Å². The zero-order chi connectivity index (χ0) is 17.1. The highest BCUT2D eigenvalue weighted by Gasteiger charge is 2.18. The van der Waals surface area contributed by atoms with Crippen LogP contribution in [-0.2, 0) is 25.7 Å². The fourth-order valence-corrected chi connectivity index (χ4v) is 2.49. The summed E-state index contributed by atoms with van der Waals surface area (Å²) >= 11 is 0. The van der Waals surface area contributed by atoms with E-state index in [9.17, 15) is 9.59 Å². The second kappa shape index (κ2) is 10.8. The highest BCUT2D eigenvalue weighted by molar-refractivity contribution is 5.72. The number of hydrogen-bond acceptors (Lipinski definition) is 4. The minimum absolute atomic E-state index is 0.0275. The number of benzene rings is 1. The molecule has 1 aromatic rings. The third kappa shape index (κ3) is 7.31. The number of rotatable bonds is 10. The number of hydrogen-bond donors (Lipinski definition) is 0. The van der Waals surface area contributed by atoms with Crippen LogP contribution in [0.4, 0.5) is 0 Å². The molecular weight excluding hydrogens is 292 g/mol. The predicted octanol–water partition coefficient (Wildman–Crippen LogP) is 4.13. The first-order valence-corrected chi connectivity index (χ1v) is 8.36. The summed E-state index contributed by atoms with van der Waals surface area (Å²) in [6.45, 7) is 4.21. The standard InChI is InChI=1S/C19H28O4/c1-4-17(19(21)22-3)13-9-8-10-15(2)18(20)23-14-16-11-6-5-7-12-16/h5-7,11-12,15,17H,4,8-10,13-14H2,1-3H3. The summed E-state index contributed by atoms with van der Waals surface area (Å²) in [5.41, 5.74) is 0.997. The van der Waals surface area contributed by atoms with Crippen LogP contribution in [0.15, 0.2) is 30.3 Å². The van der Waals surface area contributed by atoms with Crippen molar-refractivity contribution < 1.29 is 19.1 Å². The van der Waals surface area contributed by atoms with Crippen LogP contribution in [0.25, 0.3) is 0 Å². The van der Waals surface area contributed by atoms with Gasteiger partial charge in [-0.1, -0.05) is 57.0 Å². The van der Waals surface area contributed by atoms with Crippen LogP contribution >= 0.6 is 0 Å². The molecule has 0 saturated carbocycles. The van der Waals surface area contributed by atoms with Gasteiger partial charge in [-0.2, -0.15) is 0 Å². The molecule has 128 valence electrons. The molecule has 0 aliphatic carbocycles. The molecule has 23 heavy (non-hydrogen) atoms. The van der Waals surface area contributed by atoms with E-state index in [-0.39, 0.29) is 23.8 Å². The molecule has 1 rings (SSSR count). The van der Waals surface area contributed by atoms with E-state index < -0.39 is 0 Å². The van der Waals surface area contributed by atoms with Gasteiger partial charge in [-0.25, -0.2) is 0 Å². The third-order valence-corrected chi connectivity index (χ3v) is 4.09. The van der Waals surface area contributed by atoms with E-state index in [1.807, 2.05) is 44.2 Å². The average molecular weight is 320 g/mol. The first-order valence-electron chi connectivity index (χ1n) is 8.36. The van der Waals surface area contributed by atoms with E-state index >= 15 is 0 Å². The van der Waals surface area contributed by atoms with Gasteiger partial charge in [0.25, 0.3) is 0 Å². The zero-order valence-electron chi connectivity index (χ0n) is 14.4. The molecule has 0 bridgehead atoms. The Morgan fingerprint density at radius 3 is 2.30 bits per heavy atom. The van der Waals surface area contributed by atoms with Crippen LogP contribution in [0.2, 0.25) is 0 Å². The van der Waals surface area contributed by atoms with Gasteiger partial charge in [0.15, 0.2) is 0 Å². The fourth-order valence-electron chi connectivity index (χ4n) is 2.49. The lowest BCUT2D eigenvalue weighted by atomic mass is 9.96. The Morgan fingerprint density at radius 2 is 1.70 bits per heavy atom. The second-order valence-electron chi connectivity index (χ2n) is 5.91. The van der Waals surface area contributed by atoms with E-state index in [1.165, 1.54) is 7.11 Å². The van der Waals surface area contributed by atoms with Gasteiger partial charge in [-0.05, 0) is 24.8 Å². The predicted molar refractivity (Wildman–Crippen MR) is 89.7 cm³/mol. The molecule has 0 heterocycles. The lowest BCUT2D eigenvalue weighted by Crippen LogP contribution is -2.16. The lowest BCUT2D eigenvalue weighted by molar-refractivity contribution is -0.149. The quantitative estimate of drug-likeness (QED) is 0.480. The number of carbonyl (C=O) groups excluding carboxylic acids is 2. The van der Waals surface area contributed by atoms with Crippen molar-refractivity contribution in [1.29, 1.82) is 0 Å². The van der Waals surface area contributed by atoms with Crippen LogP contribution in [0, 0.1) is 11.8 Å². The van der Waals surface area contributed by atoms with E-state index in [0.717, 1.165) is 37.7 Å². The Morgan fingerprint density at radius 1 is 1.04 bits per heavy atom. The molecule has 4 nitrogen and oxygen atoms in total. The summed E-state index contributed by atoms with van der Waals surface area (Å²) in [5, 5.41) is 0. The Hall–Kier alpha value is -1.84. The summed E-state index contributed by atoms with van der Waals surface area (Å²) in [5.74, 6) is -0.436. The van der Waals surface area contributed by atoms with Crippen molar-refractivity contribution in [3.8, 4) is 0 Å². The molecule has 2 atom stereocenters. The maximum Gasteiger partial charge on any atom is 0.308 e. The molecule has 0 fully saturated rings. The maximum atomic E-state index is 12.0. The molecule has 0 N–H and O–H groups in total. The molecule has 0 spiro atoms. The normalized spacial score (nSPS) is 13.2. The van der Waals surface area contributed by atoms with Crippen LogP contribution in [0.5, 0.6) is 0 Å². The molecule has 0 radical (unpaired) electrons. The molecule has 0 amide bonds. The van der Waals surface area contributed by atoms with Crippen molar-refractivity contribution in [2.75, 3.05) is 7.11 Å². The Kier molecular flexibility index (Phi) is 9.03. The van der Waals surface area contributed by atoms with Gasteiger partial charge in [0.2, 0.25) is 0 Å². The van der Waals surface area contributed by atoms with Gasteiger partial charge in [-0.3, -0.25) is 9.59 Å². The SMILES string of the molecule is CCC(CCCCC(C)C(=O)OCc1ccccc1)C(=O)OC. The number of unbranched alkanes of at least 4 members (excludes halogenated alkanes) is 1. The molecule has 0 aliphatic heterocycles. The van der Waals surface area contributed by atoms with E-state index in [0.29, 0.717) is 6.61 Å². The highest BCUT2D eigenvalue weighted by Crippen LogP contribution is 2.18. The van der Waals surface area contributed by atoms with Gasteiger partial charge >= 0.3 is 11.9 Å². The number of methoxy groups -OCH3 is 1. The van der Waals surface area contributed by atoms with E-state index in [1.54, 1.807) is 0 Å². The summed E-state index contributed by atoms with van der Waals surface area (Å²) in [4.78, 5) is 23.5. The minimum atomic E-state index is -0.158. The Labute approximate surface area is 139 Å². The molecule has 0 aliphatic rings. The van der Waals surface area contributed by atoms with E-state index in [2.05, 4.69) is 0 Å². The Bertz CT molecular complexity index is 470. The fraction of sp³-hybridized carbons (Fsp3) is 0.579. The largest absolute Gasteiger partial charge is 0.469 e. The average Bonchev–Trinajstić information content (AvgIpc) is 2.59. The Balaban J connectivity index is 2.21. The first kappa shape index (κ1) is 19.2. The van der Waals surface area contributed by atoms with Gasteiger partial charge in [-0.15, -0.1) is 0 Å². The summed E-state index contributed by atoms with van der Waals surface area (Å²) < 4.78 is 10.1. The topological polar surface area (TPSA) is 52.6 Å². The van der Waals surface area contributed by atoms with Gasteiger partial charge in [0, 0.05) is 0 Å². The van der Waals surface area contributed by atoms with E-state index in [4.69, 9.17) is 9.47 Å². The van der Waals surface area contributed by atoms with Crippen molar-refractivity contribution >= 4 is 11.9 Å². The monoisotopic (exact) mass is 320 g/mol. The van der Waals surface area contributed by atoms with Crippen molar-refractivity contribution in [3.63, 3.8) is 0 Å². The summed E-state index contributed by atoms with van der Waals surface area (Å²) in [6.07, 6.45) is 4.22. The van der Waals surface area contributed by atoms with Crippen molar-refractivity contribution in [1.82, 2.24) is 0 Å². The maximum absolute atomic E-state index is 12.0. The van der Waals surface area contributed by atoms with Crippen molar-refractivity contribution in [2.45, 2.75) is 52.6 Å². The smallest absolute Gasteiger partial charge is 0.308 e. The molecular formula is C19H28O4. The second-order valence-corrected chi connectivity index (χ2v) is 5.91. The first-order chi connectivity index (χ1) is 11.1. The van der Waals surface area contributed by atoms with Crippen molar-refractivity contribution in [2.24, 2.45) is 11.8 Å². The third-order valence-electron chi connectivity index (χ3n) is 4.09. The molecule has 4 heteroatoms. The van der Waals surface area contributed by atoms with Crippen LogP contribution in [0.3, 0.4) is 0 Å². The summed E-state index contributed by atoms with van der Waals surface area (Å²) in [6, 6.07) is 9.67. The molecule has 0 saturated heterocycles. The summed E-state index contributed by atoms with van der Waals surface area (Å²) in [7, 11) is 1.43. The van der Waals surface area contributed by atoms with Gasteiger partial charge < -0.3 is 9.47 Å². The minimum Gasteiger partial charge on any atom is -0.469 e. The van der Waals surface area contributed by atoms with Crippen LogP contribution in [-0.4, -0.2) is 19.0 Å². The van der Waals surface area contributed by atoms with Crippen molar-refractivity contribution in [3.05, 3.63) is 35.9 Å². The zero-order valence-corrected chi connectivity index (χ0v) is 14.4. The highest BCUT2D eigenvalue weighted by atomic mass is 16.5. The van der Waals surface area contributed by atoms with Crippen LogP contribution < -0.4 is 0 Å². The lowest BCUT2D eigenvalue weighted by Gasteiger charge is -2.14. The molecule has 1 aromatic carbocycles. The number of ether oxygens (including phenoxy) is 2. The number of esters is 2. The number of carbonyl (C=O) groups is 2. The van der Waals surface area contributed by atoms with Gasteiger partial charge in [0.05, 0.1) is 18.9 Å².